The molecule has 1 aromatic carbocycles. The predicted octanol–water partition coefficient (Wildman–Crippen LogP) is 3.63. The average molecular weight is 285 g/mol. The molecule has 0 bridgehead atoms. The van der Waals surface area contributed by atoms with Crippen molar-refractivity contribution in [2.24, 2.45) is 0 Å². The van der Waals surface area contributed by atoms with Crippen LogP contribution in [0.3, 0.4) is 0 Å². The van der Waals surface area contributed by atoms with Crippen molar-refractivity contribution in [3.63, 3.8) is 0 Å². The van der Waals surface area contributed by atoms with Gasteiger partial charge >= 0.3 is 0 Å². The third kappa shape index (κ3) is 1.58. The van der Waals surface area contributed by atoms with Crippen molar-refractivity contribution in [3.05, 3.63) is 63.9 Å². The molecule has 1 aromatic heterocycles. The van der Waals surface area contributed by atoms with Gasteiger partial charge in [0, 0.05) is 12.2 Å². The normalized spacial score (nSPS) is 27.4. The van der Waals surface area contributed by atoms with Crippen LogP contribution in [0, 0.1) is 0 Å². The minimum absolute atomic E-state index is 0.0595. The Kier molecular flexibility index (Phi) is 2.66. The maximum atomic E-state index is 6.04. The summed E-state index contributed by atoms with van der Waals surface area (Å²) in [6.45, 7) is 3.30. The molecule has 2 heterocycles. The first-order chi connectivity index (χ1) is 9.71. The Balaban J connectivity index is 1.95. The van der Waals surface area contributed by atoms with E-state index in [9.17, 15) is 0 Å². The monoisotopic (exact) mass is 284 g/mol. The molecule has 0 amide bonds. The first kappa shape index (κ1) is 12.4. The molecule has 1 spiro atoms. The van der Waals surface area contributed by atoms with Crippen LogP contribution in [0.25, 0.3) is 0 Å². The molecule has 0 radical (unpaired) electrons. The number of nitrogens with one attached hydrogen (secondary N) is 1. The lowest BCUT2D eigenvalue weighted by molar-refractivity contribution is 0.357. The van der Waals surface area contributed by atoms with E-state index in [2.05, 4.69) is 47.6 Å². The highest BCUT2D eigenvalue weighted by Gasteiger charge is 2.44. The van der Waals surface area contributed by atoms with E-state index >= 15 is 0 Å². The van der Waals surface area contributed by atoms with E-state index in [1.165, 1.54) is 16.7 Å². The lowest BCUT2D eigenvalue weighted by Gasteiger charge is -2.40. The molecule has 0 fully saturated rings. The van der Waals surface area contributed by atoms with Gasteiger partial charge in [0.1, 0.15) is 5.15 Å². The molecule has 1 aliphatic heterocycles. The summed E-state index contributed by atoms with van der Waals surface area (Å²) >= 11 is 6.04. The molecule has 2 aromatic rings. The summed E-state index contributed by atoms with van der Waals surface area (Å²) in [4.78, 5) is 4.52. The van der Waals surface area contributed by atoms with Crippen molar-refractivity contribution in [1.29, 1.82) is 0 Å². The summed E-state index contributed by atoms with van der Waals surface area (Å²) in [5, 5.41) is 4.39. The summed E-state index contributed by atoms with van der Waals surface area (Å²) in [6, 6.07) is 12.9. The Morgan fingerprint density at radius 1 is 1.20 bits per heavy atom. The van der Waals surface area contributed by atoms with Gasteiger partial charge in [-0.15, -0.1) is 0 Å². The number of hydrogen-bond acceptors (Lipinski definition) is 2. The van der Waals surface area contributed by atoms with Crippen LogP contribution < -0.4 is 5.32 Å². The number of fused-ring (bicyclic) bond motifs is 4. The molecule has 2 nitrogen and oxygen atoms in total. The van der Waals surface area contributed by atoms with Crippen LogP contribution in [0.4, 0.5) is 0 Å². The van der Waals surface area contributed by atoms with Gasteiger partial charge in [-0.05, 0) is 41.5 Å². The van der Waals surface area contributed by atoms with Gasteiger partial charge < -0.3 is 5.32 Å². The number of pyridine rings is 1. The van der Waals surface area contributed by atoms with Crippen molar-refractivity contribution in [2.45, 2.75) is 31.2 Å². The lowest BCUT2D eigenvalue weighted by atomic mass is 9.75. The molecular weight excluding hydrogens is 268 g/mol. The molecule has 0 saturated heterocycles. The molecule has 2 aliphatic rings. The minimum Gasteiger partial charge on any atom is -0.303 e. The number of hydrogen-bond donors (Lipinski definition) is 1. The fourth-order valence-electron chi connectivity index (χ4n) is 3.81. The summed E-state index contributed by atoms with van der Waals surface area (Å²) in [5.41, 5.74) is 5.28. The van der Waals surface area contributed by atoms with E-state index in [1.807, 2.05) is 6.07 Å². The van der Waals surface area contributed by atoms with Gasteiger partial charge in [0.2, 0.25) is 0 Å². The number of benzene rings is 1. The molecule has 102 valence electrons. The topological polar surface area (TPSA) is 24.9 Å². The number of rotatable bonds is 0. The van der Waals surface area contributed by atoms with Crippen LogP contribution >= 0.6 is 11.6 Å². The molecule has 2 atom stereocenters. The van der Waals surface area contributed by atoms with Gasteiger partial charge in [0.05, 0.1) is 5.54 Å². The van der Waals surface area contributed by atoms with Gasteiger partial charge in [-0.25, -0.2) is 4.98 Å². The Bertz CT molecular complexity index is 682. The van der Waals surface area contributed by atoms with Gasteiger partial charge in [-0.1, -0.05) is 48.9 Å². The number of aromatic nitrogens is 1. The second kappa shape index (κ2) is 4.31. The maximum absolute atomic E-state index is 6.04. The summed E-state index contributed by atoms with van der Waals surface area (Å²) < 4.78 is 0. The highest BCUT2D eigenvalue weighted by Crippen LogP contribution is 2.46. The summed E-state index contributed by atoms with van der Waals surface area (Å²) in [5.74, 6) is 0.557. The smallest absolute Gasteiger partial charge is 0.129 e. The molecule has 0 saturated carbocycles. The van der Waals surface area contributed by atoms with Crippen LogP contribution in [0.15, 0.2) is 36.4 Å². The number of nitrogens with zero attached hydrogens (tertiary/aromatic N) is 1. The summed E-state index contributed by atoms with van der Waals surface area (Å²) in [6.07, 6.45) is 2.06. The fraction of sp³-hybridized carbons (Fsp3) is 0.353. The van der Waals surface area contributed by atoms with Crippen molar-refractivity contribution < 1.29 is 0 Å². The SMILES string of the molecule is C[C@H]1CNC2(CCc3nc(Cl)ccc32)c2ccccc21. The molecule has 1 unspecified atom stereocenters. The first-order valence-corrected chi connectivity index (χ1v) is 7.59. The van der Waals surface area contributed by atoms with E-state index in [-0.39, 0.29) is 5.54 Å². The fourth-order valence-corrected chi connectivity index (χ4v) is 3.97. The Morgan fingerprint density at radius 3 is 2.95 bits per heavy atom. The van der Waals surface area contributed by atoms with Gasteiger partial charge in [-0.2, -0.15) is 0 Å². The first-order valence-electron chi connectivity index (χ1n) is 7.21. The Hall–Kier alpha value is -1.38. The molecule has 1 aliphatic carbocycles. The Morgan fingerprint density at radius 2 is 2.05 bits per heavy atom. The zero-order valence-corrected chi connectivity index (χ0v) is 12.2. The van der Waals surface area contributed by atoms with Crippen molar-refractivity contribution in [2.75, 3.05) is 6.54 Å². The highest BCUT2D eigenvalue weighted by molar-refractivity contribution is 6.29. The molecule has 1 N–H and O–H groups in total. The van der Waals surface area contributed by atoms with Crippen LogP contribution in [0.5, 0.6) is 0 Å². The highest BCUT2D eigenvalue weighted by atomic mass is 35.5. The molecule has 3 heteroatoms. The van der Waals surface area contributed by atoms with E-state index < -0.39 is 0 Å². The van der Waals surface area contributed by atoms with Crippen LogP contribution in [-0.4, -0.2) is 11.5 Å². The zero-order valence-electron chi connectivity index (χ0n) is 11.5. The van der Waals surface area contributed by atoms with Gasteiger partial charge in [-0.3, -0.25) is 0 Å². The van der Waals surface area contributed by atoms with Crippen LogP contribution in [0.1, 0.15) is 41.6 Å². The summed E-state index contributed by atoms with van der Waals surface area (Å²) in [7, 11) is 0. The van der Waals surface area contributed by atoms with Crippen LogP contribution in [-0.2, 0) is 12.0 Å². The van der Waals surface area contributed by atoms with E-state index in [1.54, 1.807) is 0 Å². The largest absolute Gasteiger partial charge is 0.303 e. The van der Waals surface area contributed by atoms with E-state index in [0.29, 0.717) is 11.1 Å². The quantitative estimate of drug-likeness (QED) is 0.747. The maximum Gasteiger partial charge on any atom is 0.129 e. The van der Waals surface area contributed by atoms with Crippen LogP contribution in [0.2, 0.25) is 5.15 Å². The average Bonchev–Trinajstić information content (AvgIpc) is 2.82. The van der Waals surface area contributed by atoms with Crippen molar-refractivity contribution in [1.82, 2.24) is 10.3 Å². The lowest BCUT2D eigenvalue weighted by Crippen LogP contribution is -2.47. The number of halogens is 1. The van der Waals surface area contributed by atoms with E-state index in [0.717, 1.165) is 25.1 Å². The van der Waals surface area contributed by atoms with Crippen molar-refractivity contribution >= 4 is 11.6 Å². The van der Waals surface area contributed by atoms with E-state index in [4.69, 9.17) is 11.6 Å². The zero-order chi connectivity index (χ0) is 13.7. The van der Waals surface area contributed by atoms with Gasteiger partial charge in [0.25, 0.3) is 0 Å². The number of aryl methyl sites for hydroxylation is 1. The second-order valence-corrected chi connectivity index (χ2v) is 6.29. The Labute approximate surface area is 124 Å². The third-order valence-corrected chi connectivity index (χ3v) is 5.01. The predicted molar refractivity (Wildman–Crippen MR) is 81.2 cm³/mol. The molecule has 4 rings (SSSR count). The van der Waals surface area contributed by atoms with Crippen molar-refractivity contribution in [3.8, 4) is 0 Å². The third-order valence-electron chi connectivity index (χ3n) is 4.80. The standard InChI is InChI=1S/C17H17ClN2/c1-11-10-19-17(13-5-3-2-4-12(11)13)9-8-15-14(17)6-7-16(18)20-15/h2-7,11,19H,8-10H2,1H3/t11-,17?/m0/s1. The second-order valence-electron chi connectivity index (χ2n) is 5.90. The minimum atomic E-state index is -0.0595. The molecular formula is C17H17ClN2. The molecule has 20 heavy (non-hydrogen) atoms. The van der Waals surface area contributed by atoms with Gasteiger partial charge in [0.15, 0.2) is 0 Å².